The Morgan fingerprint density at radius 1 is 1.47 bits per heavy atom. The van der Waals surface area contributed by atoms with Crippen molar-refractivity contribution < 1.29 is 9.50 Å². The van der Waals surface area contributed by atoms with E-state index in [1.807, 2.05) is 4.90 Å². The van der Waals surface area contributed by atoms with Crippen LogP contribution in [-0.2, 0) is 0 Å². The Morgan fingerprint density at radius 3 is 2.93 bits per heavy atom. The number of nitrogens with zero attached hydrogens (tertiary/aromatic N) is 1. The Bertz CT molecular complexity index is 356. The van der Waals surface area contributed by atoms with Gasteiger partial charge in [0.05, 0.1) is 11.8 Å². The van der Waals surface area contributed by atoms with Crippen LogP contribution in [0, 0.1) is 5.82 Å². The molecule has 15 heavy (non-hydrogen) atoms. The lowest BCUT2D eigenvalue weighted by molar-refractivity contribution is 0.154. The van der Waals surface area contributed by atoms with E-state index in [9.17, 15) is 9.50 Å². The average Bonchev–Trinajstić information content (AvgIpc) is 2.17. The fourth-order valence-electron chi connectivity index (χ4n) is 1.95. The lowest BCUT2D eigenvalue weighted by atomic mass is 10.1. The fourth-order valence-corrected chi connectivity index (χ4v) is 1.95. The second-order valence-electron chi connectivity index (χ2n) is 3.95. The molecule has 1 saturated heterocycles. The van der Waals surface area contributed by atoms with Crippen LogP contribution in [0.15, 0.2) is 18.2 Å². The van der Waals surface area contributed by atoms with E-state index in [4.69, 9.17) is 5.73 Å². The fraction of sp³-hybridized carbons (Fsp3) is 0.455. The van der Waals surface area contributed by atoms with Gasteiger partial charge in [0.2, 0.25) is 0 Å². The van der Waals surface area contributed by atoms with Gasteiger partial charge in [-0.3, -0.25) is 0 Å². The Hall–Kier alpha value is -1.29. The van der Waals surface area contributed by atoms with Crippen LogP contribution in [0.2, 0.25) is 0 Å². The minimum Gasteiger partial charge on any atom is -0.399 e. The second-order valence-corrected chi connectivity index (χ2v) is 3.95. The number of anilines is 2. The molecular weight excluding hydrogens is 195 g/mol. The van der Waals surface area contributed by atoms with Crippen LogP contribution in [0.25, 0.3) is 0 Å². The number of hydrogen-bond acceptors (Lipinski definition) is 3. The zero-order valence-electron chi connectivity index (χ0n) is 8.49. The molecule has 1 aromatic carbocycles. The first-order valence-corrected chi connectivity index (χ1v) is 5.15. The van der Waals surface area contributed by atoms with Crippen molar-refractivity contribution in [3.8, 4) is 0 Å². The molecule has 0 aliphatic carbocycles. The number of nitrogens with two attached hydrogens (primary N) is 1. The smallest absolute Gasteiger partial charge is 0.148 e. The van der Waals surface area contributed by atoms with Gasteiger partial charge in [0.15, 0.2) is 0 Å². The van der Waals surface area contributed by atoms with E-state index < -0.39 is 0 Å². The highest BCUT2D eigenvalue weighted by Gasteiger charge is 2.20. The van der Waals surface area contributed by atoms with Crippen LogP contribution in [0.5, 0.6) is 0 Å². The normalized spacial score (nSPS) is 21.7. The van der Waals surface area contributed by atoms with Crippen molar-refractivity contribution in [2.75, 3.05) is 23.7 Å². The van der Waals surface area contributed by atoms with E-state index >= 15 is 0 Å². The maximum Gasteiger partial charge on any atom is 0.148 e. The van der Waals surface area contributed by atoms with Crippen LogP contribution < -0.4 is 10.6 Å². The summed E-state index contributed by atoms with van der Waals surface area (Å²) in [7, 11) is 0. The molecule has 3 nitrogen and oxygen atoms in total. The van der Waals surface area contributed by atoms with Crippen LogP contribution in [0.4, 0.5) is 15.8 Å². The average molecular weight is 210 g/mol. The van der Waals surface area contributed by atoms with Crippen molar-refractivity contribution in [1.29, 1.82) is 0 Å². The van der Waals surface area contributed by atoms with Crippen LogP contribution in [0.3, 0.4) is 0 Å². The van der Waals surface area contributed by atoms with Crippen molar-refractivity contribution in [3.63, 3.8) is 0 Å². The molecule has 0 saturated carbocycles. The highest BCUT2D eigenvalue weighted by atomic mass is 19.1. The predicted molar refractivity (Wildman–Crippen MR) is 58.3 cm³/mol. The Morgan fingerprint density at radius 2 is 2.27 bits per heavy atom. The number of β-amino-alcohol motifs (C(OH)–C–C–N with tert-alkyl or cyclic N) is 1. The number of aliphatic hydroxyl groups is 1. The third-order valence-corrected chi connectivity index (χ3v) is 2.71. The van der Waals surface area contributed by atoms with Gasteiger partial charge in [-0.2, -0.15) is 0 Å². The zero-order chi connectivity index (χ0) is 10.8. The van der Waals surface area contributed by atoms with Crippen LogP contribution in [-0.4, -0.2) is 24.3 Å². The summed E-state index contributed by atoms with van der Waals surface area (Å²) >= 11 is 0. The van der Waals surface area contributed by atoms with Crippen molar-refractivity contribution in [1.82, 2.24) is 0 Å². The van der Waals surface area contributed by atoms with Gasteiger partial charge >= 0.3 is 0 Å². The van der Waals surface area contributed by atoms with Crippen LogP contribution in [0.1, 0.15) is 12.8 Å². The summed E-state index contributed by atoms with van der Waals surface area (Å²) in [5.41, 5.74) is 6.43. The standard InChI is InChI=1S/C11H15FN2O/c12-10-6-8(13)3-4-11(10)14-5-1-2-9(15)7-14/h3-4,6,9,15H,1-2,5,7,13H2/t9-/m1/s1. The third kappa shape index (κ3) is 2.21. The third-order valence-electron chi connectivity index (χ3n) is 2.71. The van der Waals surface area contributed by atoms with E-state index in [-0.39, 0.29) is 11.9 Å². The molecule has 0 aromatic heterocycles. The molecule has 1 aromatic rings. The largest absolute Gasteiger partial charge is 0.399 e. The quantitative estimate of drug-likeness (QED) is 0.688. The first-order valence-electron chi connectivity index (χ1n) is 5.15. The summed E-state index contributed by atoms with van der Waals surface area (Å²) in [5, 5.41) is 9.50. The molecule has 3 N–H and O–H groups in total. The van der Waals surface area contributed by atoms with Gasteiger partial charge in [0.1, 0.15) is 5.82 Å². The summed E-state index contributed by atoms with van der Waals surface area (Å²) in [6.45, 7) is 1.29. The van der Waals surface area contributed by atoms with E-state index in [1.54, 1.807) is 12.1 Å². The first kappa shape index (κ1) is 10.2. The molecule has 2 rings (SSSR count). The lowest BCUT2D eigenvalue weighted by Crippen LogP contribution is -2.38. The number of rotatable bonds is 1. The lowest BCUT2D eigenvalue weighted by Gasteiger charge is -2.32. The molecule has 0 spiro atoms. The number of halogens is 1. The number of hydrogen-bond donors (Lipinski definition) is 2. The van der Waals surface area contributed by atoms with E-state index in [2.05, 4.69) is 0 Å². The van der Waals surface area contributed by atoms with Gasteiger partial charge in [-0.05, 0) is 31.0 Å². The highest BCUT2D eigenvalue weighted by molar-refractivity contribution is 5.54. The van der Waals surface area contributed by atoms with Gasteiger partial charge in [0.25, 0.3) is 0 Å². The van der Waals surface area contributed by atoms with Gasteiger partial charge in [0, 0.05) is 18.8 Å². The van der Waals surface area contributed by atoms with Gasteiger partial charge in [-0.1, -0.05) is 0 Å². The number of piperidine rings is 1. The van der Waals surface area contributed by atoms with Crippen molar-refractivity contribution >= 4 is 11.4 Å². The number of nitrogen functional groups attached to an aromatic ring is 1. The topological polar surface area (TPSA) is 49.5 Å². The maximum absolute atomic E-state index is 13.6. The predicted octanol–water partition coefficient (Wildman–Crippen LogP) is 1.37. The summed E-state index contributed by atoms with van der Waals surface area (Å²) in [6.07, 6.45) is 1.34. The molecule has 1 fully saturated rings. The number of benzene rings is 1. The summed E-state index contributed by atoms with van der Waals surface area (Å²) < 4.78 is 13.6. The molecule has 1 aliphatic heterocycles. The molecule has 0 bridgehead atoms. The highest BCUT2D eigenvalue weighted by Crippen LogP contribution is 2.24. The van der Waals surface area contributed by atoms with Gasteiger partial charge in [-0.15, -0.1) is 0 Å². The summed E-state index contributed by atoms with van der Waals surface area (Å²) in [4.78, 5) is 1.86. The van der Waals surface area contributed by atoms with Crippen molar-refractivity contribution in [2.24, 2.45) is 0 Å². The first-order chi connectivity index (χ1) is 7.16. The van der Waals surface area contributed by atoms with Crippen molar-refractivity contribution in [2.45, 2.75) is 18.9 Å². The SMILES string of the molecule is Nc1ccc(N2CCC[C@@H](O)C2)c(F)c1. The summed E-state index contributed by atoms with van der Waals surface area (Å²) in [5.74, 6) is -0.316. The molecule has 4 heteroatoms. The van der Waals surface area contributed by atoms with E-state index in [0.717, 1.165) is 19.4 Å². The molecule has 1 atom stereocenters. The monoisotopic (exact) mass is 210 g/mol. The molecular formula is C11H15FN2O. The second kappa shape index (κ2) is 4.06. The Balaban J connectivity index is 2.21. The van der Waals surface area contributed by atoms with Crippen molar-refractivity contribution in [3.05, 3.63) is 24.0 Å². The van der Waals surface area contributed by atoms with Gasteiger partial charge < -0.3 is 15.7 Å². The van der Waals surface area contributed by atoms with E-state index in [0.29, 0.717) is 17.9 Å². The van der Waals surface area contributed by atoms with E-state index in [1.165, 1.54) is 6.07 Å². The maximum atomic E-state index is 13.6. The molecule has 0 unspecified atom stereocenters. The molecule has 0 radical (unpaired) electrons. The molecule has 1 aliphatic rings. The van der Waals surface area contributed by atoms with Gasteiger partial charge in [-0.25, -0.2) is 4.39 Å². The molecule has 0 amide bonds. The van der Waals surface area contributed by atoms with Crippen LogP contribution >= 0.6 is 0 Å². The zero-order valence-corrected chi connectivity index (χ0v) is 8.49. The summed E-state index contributed by atoms with van der Waals surface area (Å²) in [6, 6.07) is 4.67. The molecule has 82 valence electrons. The Labute approximate surface area is 88.3 Å². The Kier molecular flexibility index (Phi) is 2.77. The minimum atomic E-state index is -0.351. The number of aliphatic hydroxyl groups excluding tert-OH is 1. The molecule has 1 heterocycles. The minimum absolute atomic E-state index is 0.316.